The van der Waals surface area contributed by atoms with Gasteiger partial charge in [0.15, 0.2) is 0 Å². The summed E-state index contributed by atoms with van der Waals surface area (Å²) >= 11 is 0. The van der Waals surface area contributed by atoms with Gasteiger partial charge in [-0.3, -0.25) is 14.5 Å². The first-order valence-electron chi connectivity index (χ1n) is 8.51. The molecule has 6 nitrogen and oxygen atoms in total. The molecule has 7 heteroatoms. The fourth-order valence-electron chi connectivity index (χ4n) is 2.84. The molecular formula is C18H27FN4O2. The number of carbonyl (C=O) groups is 2. The van der Waals surface area contributed by atoms with Gasteiger partial charge in [0.1, 0.15) is 5.82 Å². The van der Waals surface area contributed by atoms with Crippen molar-refractivity contribution >= 4 is 11.8 Å². The number of nitrogens with one attached hydrogen (secondary N) is 1. The molecule has 1 atom stereocenters. The van der Waals surface area contributed by atoms with Gasteiger partial charge < -0.3 is 15.1 Å². The predicted octanol–water partition coefficient (Wildman–Crippen LogP) is 0.536. The zero-order chi connectivity index (χ0) is 18.4. The average Bonchev–Trinajstić information content (AvgIpc) is 2.55. The minimum Gasteiger partial charge on any atom is -0.353 e. The molecule has 1 aliphatic heterocycles. The van der Waals surface area contributed by atoms with Crippen LogP contribution in [0.4, 0.5) is 4.39 Å². The normalized spacial score (nSPS) is 18.3. The van der Waals surface area contributed by atoms with Crippen molar-refractivity contribution in [3.8, 4) is 0 Å². The van der Waals surface area contributed by atoms with Crippen molar-refractivity contribution in [2.75, 3.05) is 47.3 Å². The van der Waals surface area contributed by atoms with E-state index in [1.165, 1.54) is 12.1 Å². The first-order chi connectivity index (χ1) is 11.9. The number of amides is 2. The monoisotopic (exact) mass is 350 g/mol. The van der Waals surface area contributed by atoms with E-state index in [0.717, 1.165) is 12.1 Å². The molecule has 25 heavy (non-hydrogen) atoms. The number of likely N-dealkylation sites (N-methyl/N-ethyl adjacent to an activating group) is 2. The van der Waals surface area contributed by atoms with Crippen molar-refractivity contribution in [3.05, 3.63) is 35.6 Å². The van der Waals surface area contributed by atoms with Crippen LogP contribution in [0.3, 0.4) is 0 Å². The molecule has 1 saturated heterocycles. The van der Waals surface area contributed by atoms with Crippen molar-refractivity contribution in [2.24, 2.45) is 0 Å². The van der Waals surface area contributed by atoms with Crippen LogP contribution in [0.1, 0.15) is 12.0 Å². The van der Waals surface area contributed by atoms with Gasteiger partial charge in [-0.25, -0.2) is 4.39 Å². The lowest BCUT2D eigenvalue weighted by Gasteiger charge is -2.35. The highest BCUT2D eigenvalue weighted by Crippen LogP contribution is 2.15. The molecular weight excluding hydrogens is 323 g/mol. The molecule has 138 valence electrons. The van der Waals surface area contributed by atoms with E-state index in [4.69, 9.17) is 0 Å². The van der Waals surface area contributed by atoms with E-state index in [9.17, 15) is 14.0 Å². The summed E-state index contributed by atoms with van der Waals surface area (Å²) in [6.45, 7) is 3.01. The van der Waals surface area contributed by atoms with Crippen LogP contribution in [0.15, 0.2) is 24.3 Å². The molecule has 1 aliphatic rings. The van der Waals surface area contributed by atoms with Crippen LogP contribution >= 0.6 is 0 Å². The molecule has 2 amide bonds. The van der Waals surface area contributed by atoms with Crippen molar-refractivity contribution in [3.63, 3.8) is 0 Å². The summed E-state index contributed by atoms with van der Waals surface area (Å²) in [5, 5.41) is 2.82. The Morgan fingerprint density at radius 3 is 2.76 bits per heavy atom. The van der Waals surface area contributed by atoms with Gasteiger partial charge in [0.25, 0.3) is 0 Å². The molecule has 0 spiro atoms. The molecule has 1 N–H and O–H groups in total. The zero-order valence-corrected chi connectivity index (χ0v) is 15.2. The van der Waals surface area contributed by atoms with Gasteiger partial charge in [0, 0.05) is 39.8 Å². The summed E-state index contributed by atoms with van der Waals surface area (Å²) in [6.07, 6.45) is 0.130. The maximum Gasteiger partial charge on any atom is 0.237 e. The lowest BCUT2D eigenvalue weighted by atomic mass is 10.1. The molecule has 0 radical (unpaired) electrons. The van der Waals surface area contributed by atoms with Crippen LogP contribution in [0.2, 0.25) is 0 Å². The number of hydrogen-bond acceptors (Lipinski definition) is 4. The van der Waals surface area contributed by atoms with Gasteiger partial charge in [-0.05, 0) is 31.8 Å². The third-order valence-electron chi connectivity index (χ3n) is 4.39. The van der Waals surface area contributed by atoms with Crippen LogP contribution < -0.4 is 5.32 Å². The van der Waals surface area contributed by atoms with E-state index >= 15 is 0 Å². The van der Waals surface area contributed by atoms with Crippen molar-refractivity contribution in [2.45, 2.75) is 19.0 Å². The highest BCUT2D eigenvalue weighted by atomic mass is 19.1. The fourth-order valence-corrected chi connectivity index (χ4v) is 2.84. The van der Waals surface area contributed by atoms with Crippen LogP contribution in [-0.4, -0.2) is 79.9 Å². The molecule has 0 bridgehead atoms. The zero-order valence-electron chi connectivity index (χ0n) is 15.2. The standard InChI is InChI=1S/C18H27FN4O2/c1-21(2)9-10-22(3)17(24)12-16-18(25)20-7-8-23(16)13-14-5-4-6-15(19)11-14/h4-6,11,16H,7-10,12-13H2,1-3H3,(H,20,25)/t16-/m1/s1. The number of hydrogen-bond donors (Lipinski definition) is 1. The molecule has 0 aliphatic carbocycles. The second kappa shape index (κ2) is 8.92. The maximum atomic E-state index is 13.4. The second-order valence-corrected chi connectivity index (χ2v) is 6.73. The number of carbonyl (C=O) groups excluding carboxylic acids is 2. The van der Waals surface area contributed by atoms with Gasteiger partial charge >= 0.3 is 0 Å². The largest absolute Gasteiger partial charge is 0.353 e. The second-order valence-electron chi connectivity index (χ2n) is 6.73. The maximum absolute atomic E-state index is 13.4. The number of piperazine rings is 1. The minimum absolute atomic E-state index is 0.0619. The van der Waals surface area contributed by atoms with Gasteiger partial charge in [-0.2, -0.15) is 0 Å². The van der Waals surface area contributed by atoms with Crippen LogP contribution in [0, 0.1) is 5.82 Å². The average molecular weight is 350 g/mol. The molecule has 0 unspecified atom stereocenters. The number of nitrogens with zero attached hydrogens (tertiary/aromatic N) is 3. The number of benzene rings is 1. The molecule has 0 aromatic heterocycles. The summed E-state index contributed by atoms with van der Waals surface area (Å²) in [5.41, 5.74) is 0.799. The van der Waals surface area contributed by atoms with E-state index in [1.54, 1.807) is 18.0 Å². The fraction of sp³-hybridized carbons (Fsp3) is 0.556. The Hall–Kier alpha value is -1.99. The van der Waals surface area contributed by atoms with Crippen molar-refractivity contribution in [1.29, 1.82) is 0 Å². The van der Waals surface area contributed by atoms with E-state index in [2.05, 4.69) is 5.32 Å². The SMILES string of the molecule is CN(C)CCN(C)C(=O)C[C@@H]1C(=O)NCCN1Cc1cccc(F)c1. The van der Waals surface area contributed by atoms with E-state index in [1.807, 2.05) is 30.0 Å². The summed E-state index contributed by atoms with van der Waals surface area (Å²) in [6, 6.07) is 5.83. The van der Waals surface area contributed by atoms with E-state index in [0.29, 0.717) is 26.2 Å². The van der Waals surface area contributed by atoms with Gasteiger partial charge in [-0.15, -0.1) is 0 Å². The lowest BCUT2D eigenvalue weighted by Crippen LogP contribution is -2.56. The lowest BCUT2D eigenvalue weighted by molar-refractivity contribution is -0.138. The molecule has 1 aromatic rings. The van der Waals surface area contributed by atoms with E-state index < -0.39 is 6.04 Å². The first-order valence-corrected chi connectivity index (χ1v) is 8.51. The summed E-state index contributed by atoms with van der Waals surface area (Å²) < 4.78 is 13.4. The predicted molar refractivity (Wildman–Crippen MR) is 94.4 cm³/mol. The van der Waals surface area contributed by atoms with Crippen molar-refractivity contribution < 1.29 is 14.0 Å². The quantitative estimate of drug-likeness (QED) is 0.780. The summed E-state index contributed by atoms with van der Waals surface area (Å²) in [5.74, 6) is -0.500. The minimum atomic E-state index is -0.522. The van der Waals surface area contributed by atoms with Gasteiger partial charge in [0.2, 0.25) is 11.8 Å². The van der Waals surface area contributed by atoms with Crippen LogP contribution in [-0.2, 0) is 16.1 Å². The number of rotatable bonds is 7. The summed E-state index contributed by atoms with van der Waals surface area (Å²) in [7, 11) is 5.66. The Morgan fingerprint density at radius 2 is 2.08 bits per heavy atom. The Labute approximate surface area is 148 Å². The third-order valence-corrected chi connectivity index (χ3v) is 4.39. The summed E-state index contributed by atoms with van der Waals surface area (Å²) in [4.78, 5) is 30.4. The molecule has 1 heterocycles. The van der Waals surface area contributed by atoms with Gasteiger partial charge in [0.05, 0.1) is 12.5 Å². The first kappa shape index (κ1) is 19.3. The van der Waals surface area contributed by atoms with Crippen LogP contribution in [0.5, 0.6) is 0 Å². The number of halogens is 1. The van der Waals surface area contributed by atoms with E-state index in [-0.39, 0.29) is 24.1 Å². The van der Waals surface area contributed by atoms with Crippen LogP contribution in [0.25, 0.3) is 0 Å². The smallest absolute Gasteiger partial charge is 0.237 e. The Bertz CT molecular complexity index is 608. The van der Waals surface area contributed by atoms with Gasteiger partial charge in [-0.1, -0.05) is 12.1 Å². The Kier molecular flexibility index (Phi) is 6.90. The van der Waals surface area contributed by atoms with Crippen molar-refractivity contribution in [1.82, 2.24) is 20.0 Å². The topological polar surface area (TPSA) is 55.9 Å². The molecule has 2 rings (SSSR count). The molecule has 1 fully saturated rings. The highest BCUT2D eigenvalue weighted by molar-refractivity contribution is 5.88. The highest BCUT2D eigenvalue weighted by Gasteiger charge is 2.32. The molecule has 0 saturated carbocycles. The Morgan fingerprint density at radius 1 is 1.32 bits per heavy atom. The molecule has 1 aromatic carbocycles. The third kappa shape index (κ3) is 5.79. The Balaban J connectivity index is 2.01.